The highest BCUT2D eigenvalue weighted by Crippen LogP contribution is 2.68. The lowest BCUT2D eigenvalue weighted by Gasteiger charge is -2.62. The van der Waals surface area contributed by atoms with Crippen molar-refractivity contribution in [1.29, 1.82) is 0 Å². The molecule has 0 aromatic rings. The van der Waals surface area contributed by atoms with Gasteiger partial charge in [0.1, 0.15) is 12.6 Å². The molecule has 3 aliphatic rings. The van der Waals surface area contributed by atoms with Gasteiger partial charge >= 0.3 is 0 Å². The Bertz CT molecular complexity index is 589. The van der Waals surface area contributed by atoms with Crippen LogP contribution in [0.2, 0.25) is 0 Å². The number of rotatable bonds is 5. The van der Waals surface area contributed by atoms with Gasteiger partial charge in [-0.3, -0.25) is 4.79 Å². The first-order chi connectivity index (χ1) is 12.7. The number of allylic oxidation sites excluding steroid dienone is 1. The summed E-state index contributed by atoms with van der Waals surface area (Å²) >= 11 is 0. The zero-order valence-electron chi connectivity index (χ0n) is 18.0. The van der Waals surface area contributed by atoms with Gasteiger partial charge in [-0.1, -0.05) is 26.8 Å². The van der Waals surface area contributed by atoms with E-state index in [0.717, 1.165) is 25.7 Å². The third-order valence-electron chi connectivity index (χ3n) is 8.92. The normalized spacial score (nSPS) is 50.0. The van der Waals surface area contributed by atoms with Crippen molar-refractivity contribution in [1.82, 2.24) is 0 Å². The monoisotopic (exact) mass is 378 g/mol. The van der Waals surface area contributed by atoms with Crippen LogP contribution in [0.1, 0.15) is 59.8 Å². The van der Waals surface area contributed by atoms with Gasteiger partial charge in [0.25, 0.3) is 0 Å². The van der Waals surface area contributed by atoms with Crippen molar-refractivity contribution in [2.75, 3.05) is 21.0 Å². The predicted octanol–water partition coefficient (Wildman–Crippen LogP) is 4.62. The van der Waals surface area contributed by atoms with E-state index in [4.69, 9.17) is 14.2 Å². The standard InChI is InChI=1S/C23H38O4/c1-8-21(4)13-18(27-14-25-6)22(5)15(2)9-11-23(16(3)20(21)24)12-10-17(26-7)19(22)23/h8,15-19H,1,9-14H2,2-7H3/t15-,16+,17?,18-,19?,21-,22+,23?/m1/s1. The van der Waals surface area contributed by atoms with Crippen molar-refractivity contribution in [3.05, 3.63) is 12.7 Å². The van der Waals surface area contributed by atoms with Crippen LogP contribution in [0.25, 0.3) is 0 Å². The first-order valence-corrected chi connectivity index (χ1v) is 10.5. The largest absolute Gasteiger partial charge is 0.381 e. The van der Waals surface area contributed by atoms with Crippen LogP contribution in [0.5, 0.6) is 0 Å². The van der Waals surface area contributed by atoms with Crippen molar-refractivity contribution in [2.45, 2.75) is 72.0 Å². The number of Topliss-reactive ketones (excluding diaryl/α,β-unsaturated/α-hetero) is 1. The van der Waals surface area contributed by atoms with Crippen LogP contribution in [-0.2, 0) is 19.0 Å². The molecule has 3 aliphatic carbocycles. The summed E-state index contributed by atoms with van der Waals surface area (Å²) in [6.45, 7) is 13.3. The lowest BCUT2D eigenvalue weighted by atomic mass is 9.44. The fraction of sp³-hybridized carbons (Fsp3) is 0.870. The van der Waals surface area contributed by atoms with E-state index < -0.39 is 5.41 Å². The van der Waals surface area contributed by atoms with Gasteiger partial charge < -0.3 is 14.2 Å². The van der Waals surface area contributed by atoms with Crippen molar-refractivity contribution in [2.24, 2.45) is 34.0 Å². The fourth-order valence-electron chi connectivity index (χ4n) is 7.01. The van der Waals surface area contributed by atoms with E-state index in [1.165, 1.54) is 0 Å². The Kier molecular flexibility index (Phi) is 5.66. The Morgan fingerprint density at radius 3 is 2.44 bits per heavy atom. The minimum absolute atomic E-state index is 0.00160. The number of carbonyl (C=O) groups excluding carboxylic acids is 1. The predicted molar refractivity (Wildman–Crippen MR) is 106 cm³/mol. The molecule has 0 aromatic carbocycles. The molecule has 3 saturated carbocycles. The van der Waals surface area contributed by atoms with Gasteiger partial charge in [-0.15, -0.1) is 6.58 Å². The molecule has 8 atom stereocenters. The molecule has 3 rings (SSSR count). The van der Waals surface area contributed by atoms with Gasteiger partial charge in [-0.2, -0.15) is 0 Å². The lowest BCUT2D eigenvalue weighted by molar-refractivity contribution is -0.217. The molecule has 3 fully saturated rings. The number of carbonyl (C=O) groups is 1. The molecule has 3 unspecified atom stereocenters. The summed E-state index contributed by atoms with van der Waals surface area (Å²) in [6.07, 6.45) is 6.98. The first-order valence-electron chi connectivity index (χ1n) is 10.5. The maximum Gasteiger partial charge on any atom is 0.146 e. The highest BCUT2D eigenvalue weighted by atomic mass is 16.7. The summed E-state index contributed by atoms with van der Waals surface area (Å²) in [5.41, 5.74) is -0.634. The van der Waals surface area contributed by atoms with E-state index >= 15 is 0 Å². The number of hydrogen-bond donors (Lipinski definition) is 0. The van der Waals surface area contributed by atoms with Crippen LogP contribution in [0.3, 0.4) is 0 Å². The van der Waals surface area contributed by atoms with Crippen molar-refractivity contribution >= 4 is 5.78 Å². The third-order valence-corrected chi connectivity index (χ3v) is 8.92. The van der Waals surface area contributed by atoms with E-state index in [1.54, 1.807) is 7.11 Å². The quantitative estimate of drug-likeness (QED) is 0.517. The first kappa shape index (κ1) is 21.0. The Balaban J connectivity index is 2.19. The summed E-state index contributed by atoms with van der Waals surface area (Å²) < 4.78 is 17.6. The smallest absolute Gasteiger partial charge is 0.146 e. The van der Waals surface area contributed by atoms with Gasteiger partial charge in [0.05, 0.1) is 12.2 Å². The Morgan fingerprint density at radius 1 is 1.19 bits per heavy atom. The van der Waals surface area contributed by atoms with Gasteiger partial charge in [0.2, 0.25) is 0 Å². The molecule has 0 aromatic heterocycles. The maximum absolute atomic E-state index is 13.7. The van der Waals surface area contributed by atoms with Crippen LogP contribution in [0, 0.1) is 34.0 Å². The highest BCUT2D eigenvalue weighted by Gasteiger charge is 2.67. The molecule has 0 aliphatic heterocycles. The average Bonchev–Trinajstić information content (AvgIpc) is 3.07. The van der Waals surface area contributed by atoms with E-state index in [1.807, 2.05) is 20.1 Å². The van der Waals surface area contributed by atoms with Crippen molar-refractivity contribution in [3.8, 4) is 0 Å². The summed E-state index contributed by atoms with van der Waals surface area (Å²) in [5, 5.41) is 0. The molecule has 0 N–H and O–H groups in total. The molecule has 154 valence electrons. The molecular formula is C23H38O4. The maximum atomic E-state index is 13.7. The summed E-state index contributed by atoms with van der Waals surface area (Å²) in [6, 6.07) is 0. The van der Waals surface area contributed by atoms with Crippen molar-refractivity contribution in [3.63, 3.8) is 0 Å². The molecule has 4 nitrogen and oxygen atoms in total. The minimum Gasteiger partial charge on any atom is -0.381 e. The third kappa shape index (κ3) is 2.86. The molecule has 0 saturated heterocycles. The number of methoxy groups -OCH3 is 2. The second kappa shape index (κ2) is 7.27. The number of ketones is 1. The fourth-order valence-corrected chi connectivity index (χ4v) is 7.01. The second-order valence-electron chi connectivity index (χ2n) is 9.80. The molecule has 2 bridgehead atoms. The topological polar surface area (TPSA) is 44.8 Å². The minimum atomic E-state index is -0.570. The lowest BCUT2D eigenvalue weighted by Crippen LogP contribution is -2.62. The number of ether oxygens (including phenoxy) is 3. The molecule has 0 amide bonds. The average molecular weight is 379 g/mol. The van der Waals surface area contributed by atoms with Crippen LogP contribution in [-0.4, -0.2) is 39.0 Å². The van der Waals surface area contributed by atoms with E-state index in [-0.39, 0.29) is 35.7 Å². The van der Waals surface area contributed by atoms with Gasteiger partial charge in [0, 0.05) is 31.0 Å². The zero-order valence-corrected chi connectivity index (χ0v) is 18.0. The molecule has 0 radical (unpaired) electrons. The van der Waals surface area contributed by atoms with E-state index in [9.17, 15) is 4.79 Å². The van der Waals surface area contributed by atoms with E-state index in [2.05, 4.69) is 27.4 Å². The Morgan fingerprint density at radius 2 is 1.85 bits per heavy atom. The molecular weight excluding hydrogens is 340 g/mol. The van der Waals surface area contributed by atoms with Crippen LogP contribution >= 0.6 is 0 Å². The molecule has 0 spiro atoms. The summed E-state index contributed by atoms with van der Waals surface area (Å²) in [7, 11) is 3.49. The molecule has 27 heavy (non-hydrogen) atoms. The zero-order chi connectivity index (χ0) is 20.0. The SMILES string of the molecule is C=C[C@]1(C)C[C@@H](OCOC)[C@@]2(C)C3C(OC)CCC3(CC[C@H]2C)[C@@H](C)C1=O. The van der Waals surface area contributed by atoms with Crippen LogP contribution < -0.4 is 0 Å². The highest BCUT2D eigenvalue weighted by molar-refractivity contribution is 5.89. The molecule has 4 heteroatoms. The van der Waals surface area contributed by atoms with Gasteiger partial charge in [-0.25, -0.2) is 0 Å². The van der Waals surface area contributed by atoms with Gasteiger partial charge in [0.15, 0.2) is 0 Å². The number of hydrogen-bond acceptors (Lipinski definition) is 4. The Hall–Kier alpha value is -0.710. The summed E-state index contributed by atoms with van der Waals surface area (Å²) in [4.78, 5) is 13.7. The molecule has 0 heterocycles. The van der Waals surface area contributed by atoms with Gasteiger partial charge in [-0.05, 0) is 56.3 Å². The Labute approximate surface area is 165 Å². The van der Waals surface area contributed by atoms with Crippen LogP contribution in [0.15, 0.2) is 12.7 Å². The van der Waals surface area contributed by atoms with E-state index in [0.29, 0.717) is 24.0 Å². The van der Waals surface area contributed by atoms with Crippen molar-refractivity contribution < 1.29 is 19.0 Å². The summed E-state index contributed by atoms with van der Waals surface area (Å²) in [5.74, 6) is 1.17. The van der Waals surface area contributed by atoms with Crippen LogP contribution in [0.4, 0.5) is 0 Å². The second-order valence-corrected chi connectivity index (χ2v) is 9.80.